The molecule has 2 aliphatic heterocycles. The monoisotopic (exact) mass is 231 g/mol. The van der Waals surface area contributed by atoms with Gasteiger partial charge in [0.25, 0.3) is 0 Å². The normalized spacial score (nSPS) is 30.1. The highest BCUT2D eigenvalue weighted by Crippen LogP contribution is 2.43. The molecular weight excluding hydrogens is 218 g/mol. The highest BCUT2D eigenvalue weighted by atomic mass is 16.6. The molecule has 0 amide bonds. The lowest BCUT2D eigenvalue weighted by Crippen LogP contribution is -2.45. The summed E-state index contributed by atoms with van der Waals surface area (Å²) < 4.78 is 11.2. The first kappa shape index (κ1) is 10.6. The summed E-state index contributed by atoms with van der Waals surface area (Å²) in [5.41, 5.74) is 1.84. The Morgan fingerprint density at radius 1 is 1.53 bits per heavy atom. The summed E-state index contributed by atoms with van der Waals surface area (Å²) in [5.74, 6) is 0.744. The maximum atomic E-state index is 9.97. The van der Waals surface area contributed by atoms with E-state index in [1.807, 2.05) is 13.0 Å². The Balaban J connectivity index is 2.09. The highest BCUT2D eigenvalue weighted by Gasteiger charge is 2.50. The molecule has 0 saturated carbocycles. The van der Waals surface area contributed by atoms with Gasteiger partial charge >= 0.3 is 0 Å². The Morgan fingerprint density at radius 2 is 2.35 bits per heavy atom. The SMILES string of the molecule is Cc1ccc(C#N)c2c1OC1(COCC1O)C2. The van der Waals surface area contributed by atoms with Crippen LogP contribution in [0.2, 0.25) is 0 Å². The number of nitrogens with zero attached hydrogens (tertiary/aromatic N) is 1. The number of hydrogen-bond acceptors (Lipinski definition) is 4. The molecule has 3 rings (SSSR count). The Kier molecular flexibility index (Phi) is 2.15. The maximum absolute atomic E-state index is 9.97. The summed E-state index contributed by atoms with van der Waals surface area (Å²) >= 11 is 0. The molecule has 2 unspecified atom stereocenters. The third-order valence-corrected chi connectivity index (χ3v) is 3.59. The Morgan fingerprint density at radius 3 is 3.00 bits per heavy atom. The quantitative estimate of drug-likeness (QED) is 0.721. The van der Waals surface area contributed by atoms with Gasteiger partial charge < -0.3 is 14.6 Å². The zero-order chi connectivity index (χ0) is 12.0. The van der Waals surface area contributed by atoms with Crippen molar-refractivity contribution in [3.05, 3.63) is 28.8 Å². The number of hydrogen-bond donors (Lipinski definition) is 1. The van der Waals surface area contributed by atoms with Crippen molar-refractivity contribution >= 4 is 0 Å². The molecule has 4 nitrogen and oxygen atoms in total. The highest BCUT2D eigenvalue weighted by molar-refractivity contribution is 5.54. The van der Waals surface area contributed by atoms with E-state index in [4.69, 9.17) is 14.7 Å². The molecule has 1 fully saturated rings. The zero-order valence-corrected chi connectivity index (χ0v) is 9.56. The van der Waals surface area contributed by atoms with Crippen molar-refractivity contribution in [2.24, 2.45) is 0 Å². The maximum Gasteiger partial charge on any atom is 0.164 e. The van der Waals surface area contributed by atoms with Gasteiger partial charge in [0, 0.05) is 12.0 Å². The van der Waals surface area contributed by atoms with E-state index in [1.54, 1.807) is 6.07 Å². The molecule has 1 saturated heterocycles. The van der Waals surface area contributed by atoms with Gasteiger partial charge in [-0.25, -0.2) is 0 Å². The van der Waals surface area contributed by atoms with Crippen molar-refractivity contribution in [2.75, 3.05) is 13.2 Å². The first-order chi connectivity index (χ1) is 8.16. The van der Waals surface area contributed by atoms with Crippen LogP contribution in [-0.2, 0) is 11.2 Å². The lowest BCUT2D eigenvalue weighted by Gasteiger charge is -2.25. The van der Waals surface area contributed by atoms with Crippen molar-refractivity contribution < 1.29 is 14.6 Å². The average molecular weight is 231 g/mol. The molecule has 88 valence electrons. The molecule has 17 heavy (non-hydrogen) atoms. The minimum atomic E-state index is -0.681. The van der Waals surface area contributed by atoms with Gasteiger partial charge in [-0.1, -0.05) is 6.07 Å². The standard InChI is InChI=1S/C13H13NO3/c1-8-2-3-9(5-14)10-4-13(17-12(8)10)7-16-6-11(13)15/h2-3,11,15H,4,6-7H2,1H3. The Labute approximate surface area is 99.4 Å². The van der Waals surface area contributed by atoms with Crippen LogP contribution in [0.25, 0.3) is 0 Å². The number of nitriles is 1. The number of aliphatic hydroxyl groups is 1. The molecule has 1 N–H and O–H groups in total. The van der Waals surface area contributed by atoms with Crippen LogP contribution in [-0.4, -0.2) is 30.0 Å². The van der Waals surface area contributed by atoms with Gasteiger partial charge in [-0.15, -0.1) is 0 Å². The Hall–Kier alpha value is -1.57. The molecule has 2 aliphatic rings. The molecule has 0 aromatic heterocycles. The van der Waals surface area contributed by atoms with Gasteiger partial charge in [-0.3, -0.25) is 0 Å². The van der Waals surface area contributed by atoms with E-state index in [0.29, 0.717) is 25.2 Å². The molecule has 1 aromatic carbocycles. The van der Waals surface area contributed by atoms with Gasteiger partial charge in [0.15, 0.2) is 5.60 Å². The number of aryl methyl sites for hydroxylation is 1. The van der Waals surface area contributed by atoms with Crippen LogP contribution in [0.4, 0.5) is 0 Å². The fraction of sp³-hybridized carbons (Fsp3) is 0.462. The summed E-state index contributed by atoms with van der Waals surface area (Å²) in [5, 5.41) is 19.1. The molecule has 2 atom stereocenters. The number of benzene rings is 1. The van der Waals surface area contributed by atoms with E-state index >= 15 is 0 Å². The minimum absolute atomic E-state index is 0.301. The number of aliphatic hydroxyl groups excluding tert-OH is 1. The summed E-state index contributed by atoms with van der Waals surface area (Å²) in [4.78, 5) is 0. The average Bonchev–Trinajstić information content (AvgIpc) is 2.86. The minimum Gasteiger partial charge on any atom is -0.481 e. The van der Waals surface area contributed by atoms with E-state index in [9.17, 15) is 5.11 Å². The van der Waals surface area contributed by atoms with Crippen molar-refractivity contribution in [3.63, 3.8) is 0 Å². The van der Waals surface area contributed by atoms with E-state index in [-0.39, 0.29) is 0 Å². The van der Waals surface area contributed by atoms with Crippen molar-refractivity contribution in [1.82, 2.24) is 0 Å². The van der Waals surface area contributed by atoms with Crippen LogP contribution < -0.4 is 4.74 Å². The summed E-state index contributed by atoms with van der Waals surface area (Å²) in [6, 6.07) is 5.85. The van der Waals surface area contributed by atoms with Gasteiger partial charge in [-0.05, 0) is 18.6 Å². The Bertz CT molecular complexity index is 520. The fourth-order valence-electron chi connectivity index (χ4n) is 2.56. The predicted molar refractivity (Wildman–Crippen MR) is 59.8 cm³/mol. The van der Waals surface area contributed by atoms with Crippen LogP contribution in [0.5, 0.6) is 5.75 Å². The summed E-state index contributed by atoms with van der Waals surface area (Å²) in [6.07, 6.45) is -0.0745. The molecule has 0 aliphatic carbocycles. The molecule has 0 radical (unpaired) electrons. The first-order valence-electron chi connectivity index (χ1n) is 5.64. The predicted octanol–water partition coefficient (Wildman–Crippen LogP) is 0.931. The smallest absolute Gasteiger partial charge is 0.164 e. The molecule has 1 spiro atoms. The first-order valence-corrected chi connectivity index (χ1v) is 5.64. The third kappa shape index (κ3) is 1.36. The van der Waals surface area contributed by atoms with Crippen LogP contribution in [0, 0.1) is 18.3 Å². The van der Waals surface area contributed by atoms with Gasteiger partial charge in [-0.2, -0.15) is 5.26 Å². The third-order valence-electron chi connectivity index (χ3n) is 3.59. The number of ether oxygens (including phenoxy) is 2. The summed E-state index contributed by atoms with van der Waals surface area (Å²) in [7, 11) is 0. The number of fused-ring (bicyclic) bond motifs is 1. The second kappa shape index (κ2) is 3.46. The topological polar surface area (TPSA) is 62.5 Å². The molecule has 1 aromatic rings. The molecule has 4 heteroatoms. The lowest BCUT2D eigenvalue weighted by atomic mass is 9.91. The number of rotatable bonds is 0. The van der Waals surface area contributed by atoms with Gasteiger partial charge in [0.05, 0.1) is 24.8 Å². The molecular formula is C13H13NO3. The zero-order valence-electron chi connectivity index (χ0n) is 9.56. The van der Waals surface area contributed by atoms with Crippen LogP contribution in [0.3, 0.4) is 0 Å². The van der Waals surface area contributed by atoms with E-state index in [0.717, 1.165) is 16.9 Å². The van der Waals surface area contributed by atoms with Crippen LogP contribution >= 0.6 is 0 Å². The molecule has 2 heterocycles. The van der Waals surface area contributed by atoms with E-state index in [1.165, 1.54) is 0 Å². The van der Waals surface area contributed by atoms with Crippen molar-refractivity contribution in [3.8, 4) is 11.8 Å². The second-order valence-electron chi connectivity index (χ2n) is 4.72. The largest absolute Gasteiger partial charge is 0.481 e. The molecule has 0 bridgehead atoms. The van der Waals surface area contributed by atoms with Crippen LogP contribution in [0.15, 0.2) is 12.1 Å². The lowest BCUT2D eigenvalue weighted by molar-refractivity contribution is -0.00444. The van der Waals surface area contributed by atoms with Gasteiger partial charge in [0.2, 0.25) is 0 Å². The van der Waals surface area contributed by atoms with E-state index < -0.39 is 11.7 Å². The van der Waals surface area contributed by atoms with E-state index in [2.05, 4.69) is 6.07 Å². The van der Waals surface area contributed by atoms with Crippen molar-refractivity contribution in [1.29, 1.82) is 5.26 Å². The van der Waals surface area contributed by atoms with Crippen molar-refractivity contribution in [2.45, 2.75) is 25.0 Å². The van der Waals surface area contributed by atoms with Crippen LogP contribution in [0.1, 0.15) is 16.7 Å². The second-order valence-corrected chi connectivity index (χ2v) is 4.72. The summed E-state index contributed by atoms with van der Waals surface area (Å²) in [6.45, 7) is 2.63. The fourth-order valence-corrected chi connectivity index (χ4v) is 2.56. The van der Waals surface area contributed by atoms with Gasteiger partial charge in [0.1, 0.15) is 11.9 Å².